The molecule has 0 aromatic heterocycles. The SMILES string of the molecule is CC1CCC(CN2CCOCC2CO)O1. The Labute approximate surface area is 91.2 Å². The standard InChI is InChI=1S/C11H21NO3/c1-9-2-3-11(15-9)6-12-4-5-14-8-10(12)7-13/h9-11,13H,2-8H2,1H3. The Hall–Kier alpha value is -0.160. The maximum atomic E-state index is 9.22. The topological polar surface area (TPSA) is 41.9 Å². The number of hydrogen-bond donors (Lipinski definition) is 1. The van der Waals surface area contributed by atoms with Crippen LogP contribution >= 0.6 is 0 Å². The lowest BCUT2D eigenvalue weighted by Gasteiger charge is -2.35. The van der Waals surface area contributed by atoms with Crippen LogP contribution in [0.2, 0.25) is 0 Å². The summed E-state index contributed by atoms with van der Waals surface area (Å²) >= 11 is 0. The molecule has 0 amide bonds. The zero-order valence-corrected chi connectivity index (χ0v) is 9.39. The zero-order valence-electron chi connectivity index (χ0n) is 9.39. The minimum Gasteiger partial charge on any atom is -0.395 e. The van der Waals surface area contributed by atoms with Crippen molar-refractivity contribution in [3.63, 3.8) is 0 Å². The summed E-state index contributed by atoms with van der Waals surface area (Å²) in [5.74, 6) is 0. The van der Waals surface area contributed by atoms with Gasteiger partial charge in [0.25, 0.3) is 0 Å². The van der Waals surface area contributed by atoms with Crippen LogP contribution in [0.15, 0.2) is 0 Å². The summed E-state index contributed by atoms with van der Waals surface area (Å²) in [4.78, 5) is 2.30. The summed E-state index contributed by atoms with van der Waals surface area (Å²) in [6.07, 6.45) is 3.07. The van der Waals surface area contributed by atoms with Gasteiger partial charge in [-0.2, -0.15) is 0 Å². The van der Waals surface area contributed by atoms with Gasteiger partial charge in [-0.3, -0.25) is 4.90 Å². The highest BCUT2D eigenvalue weighted by Crippen LogP contribution is 2.21. The van der Waals surface area contributed by atoms with Gasteiger partial charge in [0.05, 0.1) is 38.1 Å². The molecule has 0 radical (unpaired) electrons. The summed E-state index contributed by atoms with van der Waals surface area (Å²) in [5.41, 5.74) is 0. The number of aliphatic hydroxyl groups is 1. The highest BCUT2D eigenvalue weighted by molar-refractivity contribution is 4.80. The summed E-state index contributed by atoms with van der Waals surface area (Å²) in [7, 11) is 0. The molecule has 0 bridgehead atoms. The molecule has 0 saturated carbocycles. The second-order valence-corrected chi connectivity index (χ2v) is 4.55. The van der Waals surface area contributed by atoms with Gasteiger partial charge in [-0.15, -0.1) is 0 Å². The quantitative estimate of drug-likeness (QED) is 0.732. The molecule has 0 aliphatic carbocycles. The van der Waals surface area contributed by atoms with Gasteiger partial charge in [-0.25, -0.2) is 0 Å². The summed E-state index contributed by atoms with van der Waals surface area (Å²) in [6, 6.07) is 0.165. The molecular weight excluding hydrogens is 194 g/mol. The largest absolute Gasteiger partial charge is 0.395 e. The molecule has 2 saturated heterocycles. The van der Waals surface area contributed by atoms with Crippen molar-refractivity contribution in [2.75, 3.05) is 32.9 Å². The van der Waals surface area contributed by atoms with Crippen molar-refractivity contribution in [2.45, 2.75) is 38.0 Å². The summed E-state index contributed by atoms with van der Waals surface area (Å²) < 4.78 is 11.1. The van der Waals surface area contributed by atoms with E-state index in [0.717, 1.165) is 26.1 Å². The van der Waals surface area contributed by atoms with Crippen molar-refractivity contribution < 1.29 is 14.6 Å². The van der Waals surface area contributed by atoms with Gasteiger partial charge >= 0.3 is 0 Å². The van der Waals surface area contributed by atoms with E-state index < -0.39 is 0 Å². The molecule has 2 heterocycles. The van der Waals surface area contributed by atoms with E-state index >= 15 is 0 Å². The van der Waals surface area contributed by atoms with E-state index in [0.29, 0.717) is 18.8 Å². The predicted molar refractivity (Wildman–Crippen MR) is 56.8 cm³/mol. The monoisotopic (exact) mass is 215 g/mol. The Balaban J connectivity index is 1.81. The summed E-state index contributed by atoms with van der Waals surface area (Å²) in [6.45, 7) is 5.60. The highest BCUT2D eigenvalue weighted by atomic mass is 16.5. The molecule has 2 aliphatic rings. The van der Waals surface area contributed by atoms with Gasteiger partial charge in [0, 0.05) is 13.1 Å². The van der Waals surface area contributed by atoms with Crippen LogP contribution in [-0.2, 0) is 9.47 Å². The van der Waals surface area contributed by atoms with Crippen LogP contribution in [-0.4, -0.2) is 61.2 Å². The molecule has 88 valence electrons. The lowest BCUT2D eigenvalue weighted by Crippen LogP contribution is -2.50. The first-order valence-corrected chi connectivity index (χ1v) is 5.87. The van der Waals surface area contributed by atoms with E-state index in [9.17, 15) is 5.11 Å². The minimum atomic E-state index is 0.165. The van der Waals surface area contributed by atoms with Crippen LogP contribution < -0.4 is 0 Å². The Morgan fingerprint density at radius 2 is 2.27 bits per heavy atom. The molecule has 1 N–H and O–H groups in total. The molecular formula is C11H21NO3. The second-order valence-electron chi connectivity index (χ2n) is 4.55. The van der Waals surface area contributed by atoms with Crippen molar-refractivity contribution in [3.8, 4) is 0 Å². The third kappa shape index (κ3) is 2.91. The van der Waals surface area contributed by atoms with Crippen LogP contribution in [0, 0.1) is 0 Å². The Morgan fingerprint density at radius 3 is 2.93 bits per heavy atom. The Morgan fingerprint density at radius 1 is 1.40 bits per heavy atom. The fourth-order valence-electron chi connectivity index (χ4n) is 2.38. The van der Waals surface area contributed by atoms with Crippen molar-refractivity contribution in [2.24, 2.45) is 0 Å². The smallest absolute Gasteiger partial charge is 0.0706 e. The molecule has 2 fully saturated rings. The molecule has 2 aliphatic heterocycles. The number of hydrogen-bond acceptors (Lipinski definition) is 4. The van der Waals surface area contributed by atoms with E-state index in [1.807, 2.05) is 0 Å². The first kappa shape index (κ1) is 11.3. The number of rotatable bonds is 3. The highest BCUT2D eigenvalue weighted by Gasteiger charge is 2.28. The van der Waals surface area contributed by atoms with Crippen molar-refractivity contribution >= 4 is 0 Å². The summed E-state index contributed by atoms with van der Waals surface area (Å²) in [5, 5.41) is 9.22. The maximum absolute atomic E-state index is 9.22. The van der Waals surface area contributed by atoms with Crippen LogP contribution in [0.4, 0.5) is 0 Å². The lowest BCUT2D eigenvalue weighted by molar-refractivity contribution is -0.0526. The first-order chi connectivity index (χ1) is 7.29. The normalized spacial score (nSPS) is 38.4. The van der Waals surface area contributed by atoms with Gasteiger partial charge in [0.1, 0.15) is 0 Å². The minimum absolute atomic E-state index is 0.165. The van der Waals surface area contributed by atoms with Crippen LogP contribution in [0.3, 0.4) is 0 Å². The van der Waals surface area contributed by atoms with E-state index in [1.54, 1.807) is 0 Å². The molecule has 0 aromatic carbocycles. The van der Waals surface area contributed by atoms with Crippen LogP contribution in [0.5, 0.6) is 0 Å². The van der Waals surface area contributed by atoms with Crippen molar-refractivity contribution in [3.05, 3.63) is 0 Å². The fraction of sp³-hybridized carbons (Fsp3) is 1.00. The second kappa shape index (κ2) is 5.25. The number of ether oxygens (including phenoxy) is 2. The zero-order chi connectivity index (χ0) is 10.7. The van der Waals surface area contributed by atoms with E-state index in [1.165, 1.54) is 6.42 Å². The van der Waals surface area contributed by atoms with Gasteiger partial charge < -0.3 is 14.6 Å². The Bertz CT molecular complexity index is 200. The van der Waals surface area contributed by atoms with E-state index in [-0.39, 0.29) is 12.6 Å². The van der Waals surface area contributed by atoms with E-state index in [4.69, 9.17) is 9.47 Å². The average Bonchev–Trinajstić information content (AvgIpc) is 2.65. The van der Waals surface area contributed by atoms with Crippen LogP contribution in [0.1, 0.15) is 19.8 Å². The molecule has 0 spiro atoms. The molecule has 0 aromatic rings. The molecule has 4 heteroatoms. The molecule has 4 nitrogen and oxygen atoms in total. The third-order valence-corrected chi connectivity index (χ3v) is 3.32. The number of morpholine rings is 1. The van der Waals surface area contributed by atoms with E-state index in [2.05, 4.69) is 11.8 Å². The predicted octanol–water partition coefficient (Wildman–Crippen LogP) is 0.247. The lowest BCUT2D eigenvalue weighted by atomic mass is 10.1. The Kier molecular flexibility index (Phi) is 3.97. The molecule has 2 rings (SSSR count). The van der Waals surface area contributed by atoms with Gasteiger partial charge in [-0.1, -0.05) is 0 Å². The first-order valence-electron chi connectivity index (χ1n) is 5.87. The van der Waals surface area contributed by atoms with Gasteiger partial charge in [0.2, 0.25) is 0 Å². The van der Waals surface area contributed by atoms with Crippen molar-refractivity contribution in [1.29, 1.82) is 0 Å². The molecule has 3 atom stereocenters. The van der Waals surface area contributed by atoms with Gasteiger partial charge in [-0.05, 0) is 19.8 Å². The maximum Gasteiger partial charge on any atom is 0.0706 e. The molecule has 3 unspecified atom stereocenters. The number of aliphatic hydroxyl groups excluding tert-OH is 1. The van der Waals surface area contributed by atoms with Crippen molar-refractivity contribution in [1.82, 2.24) is 4.90 Å². The third-order valence-electron chi connectivity index (χ3n) is 3.32. The fourth-order valence-corrected chi connectivity index (χ4v) is 2.38. The number of nitrogens with zero attached hydrogens (tertiary/aromatic N) is 1. The van der Waals surface area contributed by atoms with Gasteiger partial charge in [0.15, 0.2) is 0 Å². The molecule has 15 heavy (non-hydrogen) atoms. The van der Waals surface area contributed by atoms with Crippen LogP contribution in [0.25, 0.3) is 0 Å². The average molecular weight is 215 g/mol.